The van der Waals surface area contributed by atoms with Crippen molar-refractivity contribution in [2.45, 2.75) is 58.5 Å². The van der Waals surface area contributed by atoms with E-state index in [1.807, 2.05) is 38.1 Å². The lowest BCUT2D eigenvalue weighted by Gasteiger charge is -2.24. The molecule has 1 aromatic rings. The normalized spacial score (nSPS) is 20.7. The first-order valence-electron chi connectivity index (χ1n) is 10.2. The van der Waals surface area contributed by atoms with Crippen molar-refractivity contribution in [1.29, 1.82) is 0 Å². The van der Waals surface area contributed by atoms with Crippen LogP contribution in [-0.2, 0) is 24.7 Å². The molecule has 1 aliphatic heterocycles. The average molecular weight is 418 g/mol. The van der Waals surface area contributed by atoms with Gasteiger partial charge in [0.2, 0.25) is 5.91 Å². The van der Waals surface area contributed by atoms with Crippen LogP contribution in [0.5, 0.6) is 0 Å². The van der Waals surface area contributed by atoms with Crippen LogP contribution in [0.3, 0.4) is 0 Å². The monoisotopic (exact) mass is 417 g/mol. The number of carbonyl (C=O) groups excluding carboxylic acids is 4. The molecule has 0 radical (unpaired) electrons. The highest BCUT2D eigenvalue weighted by Gasteiger charge is 2.49. The lowest BCUT2D eigenvalue weighted by Crippen LogP contribution is -2.50. The topological polar surface area (TPSA) is 105 Å². The minimum absolute atomic E-state index is 0.158. The van der Waals surface area contributed by atoms with Gasteiger partial charge < -0.3 is 15.4 Å². The number of imide groups is 1. The summed E-state index contributed by atoms with van der Waals surface area (Å²) in [6.07, 6.45) is 0.646. The van der Waals surface area contributed by atoms with Crippen LogP contribution < -0.4 is 10.6 Å². The first kappa shape index (κ1) is 23.4. The number of methoxy groups -OCH3 is 1. The van der Waals surface area contributed by atoms with E-state index in [2.05, 4.69) is 24.5 Å². The van der Waals surface area contributed by atoms with Crippen LogP contribution in [0.4, 0.5) is 4.79 Å². The highest BCUT2D eigenvalue weighted by Crippen LogP contribution is 2.29. The Hall–Kier alpha value is -2.90. The summed E-state index contributed by atoms with van der Waals surface area (Å²) >= 11 is 0. The fourth-order valence-corrected chi connectivity index (χ4v) is 3.40. The van der Waals surface area contributed by atoms with Crippen LogP contribution in [0.25, 0.3) is 0 Å². The van der Waals surface area contributed by atoms with Gasteiger partial charge in [0.15, 0.2) is 0 Å². The third-order valence-electron chi connectivity index (χ3n) is 5.72. The minimum atomic E-state index is -1.26. The fourth-order valence-electron chi connectivity index (χ4n) is 3.40. The molecule has 1 heterocycles. The predicted octanol–water partition coefficient (Wildman–Crippen LogP) is 2.28. The summed E-state index contributed by atoms with van der Waals surface area (Å²) in [5.41, 5.74) is 0.500. The molecule has 0 aliphatic carbocycles. The van der Waals surface area contributed by atoms with E-state index in [-0.39, 0.29) is 5.92 Å². The summed E-state index contributed by atoms with van der Waals surface area (Å²) in [5.74, 6) is -1.50. The molecule has 1 fully saturated rings. The van der Waals surface area contributed by atoms with Crippen LogP contribution >= 0.6 is 0 Å². The Bertz CT molecular complexity index is 821. The van der Waals surface area contributed by atoms with Gasteiger partial charge in [-0.25, -0.2) is 9.59 Å². The van der Waals surface area contributed by atoms with Crippen molar-refractivity contribution in [1.82, 2.24) is 15.5 Å². The first-order chi connectivity index (χ1) is 14.0. The number of benzene rings is 1. The lowest BCUT2D eigenvalue weighted by molar-refractivity contribution is -0.146. The van der Waals surface area contributed by atoms with Crippen LogP contribution in [-0.4, -0.2) is 48.4 Å². The molecule has 1 aliphatic rings. The molecule has 164 valence electrons. The first-order valence-corrected chi connectivity index (χ1v) is 10.2. The Morgan fingerprint density at radius 3 is 2.27 bits per heavy atom. The second-order valence-corrected chi connectivity index (χ2v) is 8.18. The summed E-state index contributed by atoms with van der Waals surface area (Å²) in [5, 5.41) is 5.27. The van der Waals surface area contributed by atoms with E-state index in [9.17, 15) is 19.2 Å². The third-order valence-corrected chi connectivity index (χ3v) is 5.72. The van der Waals surface area contributed by atoms with E-state index in [1.165, 1.54) is 7.11 Å². The molecule has 1 aromatic carbocycles. The van der Waals surface area contributed by atoms with Crippen molar-refractivity contribution in [3.63, 3.8) is 0 Å². The number of nitrogens with one attached hydrogen (secondary N) is 2. The SMILES string of the molecule is CC[C@H](C)[C@@H](NC(=O)CN1C(=O)N[C@](C)(c2ccc(C(C)C)cc2)C1=O)C(=O)OC. The second-order valence-electron chi connectivity index (χ2n) is 8.18. The number of rotatable bonds is 8. The quantitative estimate of drug-likeness (QED) is 0.499. The summed E-state index contributed by atoms with van der Waals surface area (Å²) in [6, 6.07) is 5.98. The zero-order valence-corrected chi connectivity index (χ0v) is 18.4. The van der Waals surface area contributed by atoms with E-state index < -0.39 is 41.9 Å². The third kappa shape index (κ3) is 4.63. The molecule has 2 rings (SSSR count). The number of hydrogen-bond donors (Lipinski definition) is 2. The number of carbonyl (C=O) groups is 4. The maximum atomic E-state index is 13.0. The fraction of sp³-hybridized carbons (Fsp3) is 0.545. The molecule has 0 bridgehead atoms. The molecule has 4 amide bonds. The lowest BCUT2D eigenvalue weighted by atomic mass is 9.90. The molecule has 1 saturated heterocycles. The van der Waals surface area contributed by atoms with E-state index >= 15 is 0 Å². The zero-order valence-electron chi connectivity index (χ0n) is 18.4. The van der Waals surface area contributed by atoms with Gasteiger partial charge in [-0.2, -0.15) is 0 Å². The number of nitrogens with zero attached hydrogens (tertiary/aromatic N) is 1. The Balaban J connectivity index is 2.15. The van der Waals surface area contributed by atoms with Gasteiger partial charge in [0.25, 0.3) is 5.91 Å². The van der Waals surface area contributed by atoms with Crippen molar-refractivity contribution >= 4 is 23.8 Å². The van der Waals surface area contributed by atoms with Crippen LogP contribution in [0, 0.1) is 5.92 Å². The maximum absolute atomic E-state index is 13.0. The molecule has 3 atom stereocenters. The molecule has 2 N–H and O–H groups in total. The van der Waals surface area contributed by atoms with E-state index in [1.54, 1.807) is 6.92 Å². The molecule has 8 heteroatoms. The number of amides is 4. The van der Waals surface area contributed by atoms with Gasteiger partial charge in [0.1, 0.15) is 18.1 Å². The van der Waals surface area contributed by atoms with Crippen molar-refractivity contribution in [2.24, 2.45) is 5.92 Å². The van der Waals surface area contributed by atoms with Gasteiger partial charge in [-0.05, 0) is 29.9 Å². The van der Waals surface area contributed by atoms with Crippen molar-refractivity contribution in [2.75, 3.05) is 13.7 Å². The molecule has 0 spiro atoms. The van der Waals surface area contributed by atoms with Gasteiger partial charge in [0.05, 0.1) is 7.11 Å². The smallest absolute Gasteiger partial charge is 0.328 e. The number of urea groups is 1. The predicted molar refractivity (Wildman–Crippen MR) is 112 cm³/mol. The van der Waals surface area contributed by atoms with Crippen LogP contribution in [0.15, 0.2) is 24.3 Å². The Morgan fingerprint density at radius 1 is 1.17 bits per heavy atom. The van der Waals surface area contributed by atoms with Gasteiger partial charge in [-0.1, -0.05) is 58.4 Å². The Labute approximate surface area is 177 Å². The van der Waals surface area contributed by atoms with E-state index in [0.29, 0.717) is 17.9 Å². The Kier molecular flexibility index (Phi) is 7.23. The highest BCUT2D eigenvalue weighted by molar-refractivity contribution is 6.09. The van der Waals surface area contributed by atoms with Crippen molar-refractivity contribution in [3.8, 4) is 0 Å². The minimum Gasteiger partial charge on any atom is -0.467 e. The number of ether oxygens (including phenoxy) is 1. The van der Waals surface area contributed by atoms with Gasteiger partial charge in [-0.3, -0.25) is 14.5 Å². The van der Waals surface area contributed by atoms with Gasteiger partial charge in [-0.15, -0.1) is 0 Å². The van der Waals surface area contributed by atoms with Crippen LogP contribution in [0.2, 0.25) is 0 Å². The van der Waals surface area contributed by atoms with Crippen molar-refractivity contribution < 1.29 is 23.9 Å². The molecule has 0 saturated carbocycles. The zero-order chi connectivity index (χ0) is 22.6. The summed E-state index contributed by atoms with van der Waals surface area (Å²) in [6.45, 7) is 8.98. The molecule has 30 heavy (non-hydrogen) atoms. The Morgan fingerprint density at radius 2 is 1.77 bits per heavy atom. The van der Waals surface area contributed by atoms with Crippen molar-refractivity contribution in [3.05, 3.63) is 35.4 Å². The van der Waals surface area contributed by atoms with Gasteiger partial charge in [0, 0.05) is 0 Å². The molecule has 0 unspecified atom stereocenters. The number of hydrogen-bond acceptors (Lipinski definition) is 5. The largest absolute Gasteiger partial charge is 0.467 e. The summed E-state index contributed by atoms with van der Waals surface area (Å²) < 4.78 is 4.75. The highest BCUT2D eigenvalue weighted by atomic mass is 16.5. The maximum Gasteiger partial charge on any atom is 0.328 e. The van der Waals surface area contributed by atoms with E-state index in [4.69, 9.17) is 4.74 Å². The number of esters is 1. The summed E-state index contributed by atoms with van der Waals surface area (Å²) in [7, 11) is 1.25. The average Bonchev–Trinajstić information content (AvgIpc) is 2.94. The van der Waals surface area contributed by atoms with E-state index in [0.717, 1.165) is 10.5 Å². The van der Waals surface area contributed by atoms with Gasteiger partial charge >= 0.3 is 12.0 Å². The molecular weight excluding hydrogens is 386 g/mol. The standard InChI is InChI=1S/C22H31N3O5/c1-7-14(4)18(19(27)30-6)23-17(26)12-25-20(28)22(5,24-21(25)29)16-10-8-15(9-11-16)13(2)3/h8-11,13-14,18H,7,12H2,1-6H3,(H,23,26)(H,24,29)/t14-,18+,22+/m0/s1. The molecule has 8 nitrogen and oxygen atoms in total. The molecule has 0 aromatic heterocycles. The second kappa shape index (κ2) is 9.28. The van der Waals surface area contributed by atoms with Crippen LogP contribution in [0.1, 0.15) is 58.1 Å². The summed E-state index contributed by atoms with van der Waals surface area (Å²) in [4.78, 5) is 50.9. The molecular formula is C22H31N3O5.